The normalized spacial score (nSPS) is 12.1. The van der Waals surface area contributed by atoms with E-state index in [-0.39, 0.29) is 0 Å². The van der Waals surface area contributed by atoms with Crippen molar-refractivity contribution in [2.75, 3.05) is 0 Å². The minimum Gasteiger partial charge on any atom is -0.391 e. The van der Waals surface area contributed by atoms with Crippen LogP contribution >= 0.6 is 0 Å². The Bertz CT molecular complexity index is 652. The summed E-state index contributed by atoms with van der Waals surface area (Å²) < 4.78 is 0. The third kappa shape index (κ3) is 6.24. The Kier molecular flexibility index (Phi) is 7.54. The summed E-state index contributed by atoms with van der Waals surface area (Å²) in [5.74, 6) is 0. The molecule has 2 rings (SSSR count). The molecule has 0 aliphatic rings. The molecule has 0 aliphatic carbocycles. The number of nitrogens with zero attached hydrogens (tertiary/aromatic N) is 2. The van der Waals surface area contributed by atoms with Gasteiger partial charge in [0.25, 0.3) is 0 Å². The van der Waals surface area contributed by atoms with Gasteiger partial charge in [0, 0.05) is 0 Å². The lowest BCUT2D eigenvalue weighted by molar-refractivity contribution is 0.127. The highest BCUT2D eigenvalue weighted by Gasteiger charge is 2.05. The molecule has 0 atom stereocenters. The van der Waals surface area contributed by atoms with Crippen LogP contribution in [0.3, 0.4) is 0 Å². The molecule has 2 aromatic rings. The highest BCUT2D eigenvalue weighted by molar-refractivity contribution is 6.41. The van der Waals surface area contributed by atoms with Gasteiger partial charge < -0.3 is 9.68 Å². The number of hydrogen-bond acceptors (Lipinski definition) is 4. The van der Waals surface area contributed by atoms with Gasteiger partial charge in [0.2, 0.25) is 0 Å². The molecule has 0 bridgehead atoms. The first-order valence-corrected chi connectivity index (χ1v) is 8.23. The van der Waals surface area contributed by atoms with Crippen LogP contribution in [0.4, 0.5) is 0 Å². The van der Waals surface area contributed by atoms with Gasteiger partial charge in [-0.05, 0) is 24.5 Å². The monoisotopic (exact) mass is 324 g/mol. The van der Waals surface area contributed by atoms with E-state index < -0.39 is 0 Å². The summed E-state index contributed by atoms with van der Waals surface area (Å²) in [5.41, 5.74) is 3.75. The number of rotatable bonds is 9. The van der Waals surface area contributed by atoms with Crippen LogP contribution in [0.15, 0.2) is 71.0 Å². The molecule has 0 N–H and O–H groups in total. The molecule has 0 spiro atoms. The smallest absolute Gasteiger partial charge is 0.142 e. The molecule has 0 saturated heterocycles. The topological polar surface area (TPSA) is 43.2 Å². The fourth-order valence-electron chi connectivity index (χ4n) is 2.12. The Morgan fingerprint density at radius 1 is 0.792 bits per heavy atom. The zero-order valence-corrected chi connectivity index (χ0v) is 14.3. The maximum atomic E-state index is 5.47. The Labute approximate surface area is 143 Å². The molecule has 0 aromatic heterocycles. The molecule has 0 heterocycles. The SMILES string of the molecule is CCCC(=N\OCc1ccccc1)/C(C)=N/OCc1ccccc1. The van der Waals surface area contributed by atoms with Crippen molar-refractivity contribution >= 4 is 11.4 Å². The van der Waals surface area contributed by atoms with Crippen molar-refractivity contribution in [3.63, 3.8) is 0 Å². The van der Waals surface area contributed by atoms with Crippen LogP contribution in [-0.2, 0) is 22.9 Å². The molecular formula is C20H24N2O2. The molecule has 0 fully saturated rings. The highest BCUT2D eigenvalue weighted by atomic mass is 16.6. The van der Waals surface area contributed by atoms with Crippen molar-refractivity contribution in [1.82, 2.24) is 0 Å². The molecule has 0 saturated carbocycles. The predicted molar refractivity (Wildman–Crippen MR) is 97.9 cm³/mol. The lowest BCUT2D eigenvalue weighted by Crippen LogP contribution is -2.11. The lowest BCUT2D eigenvalue weighted by Gasteiger charge is -2.06. The summed E-state index contributed by atoms with van der Waals surface area (Å²) in [4.78, 5) is 10.9. The molecular weight excluding hydrogens is 300 g/mol. The van der Waals surface area contributed by atoms with Crippen molar-refractivity contribution in [2.45, 2.75) is 39.9 Å². The van der Waals surface area contributed by atoms with Crippen molar-refractivity contribution in [2.24, 2.45) is 10.3 Å². The molecule has 0 amide bonds. The van der Waals surface area contributed by atoms with Gasteiger partial charge in [-0.25, -0.2) is 0 Å². The minimum absolute atomic E-state index is 0.447. The average molecular weight is 324 g/mol. The zero-order valence-electron chi connectivity index (χ0n) is 14.3. The predicted octanol–water partition coefficient (Wildman–Crippen LogP) is 4.95. The number of benzene rings is 2. The Morgan fingerprint density at radius 2 is 1.29 bits per heavy atom. The van der Waals surface area contributed by atoms with Gasteiger partial charge in [0.15, 0.2) is 0 Å². The zero-order chi connectivity index (χ0) is 17.0. The van der Waals surface area contributed by atoms with E-state index in [1.165, 1.54) is 0 Å². The maximum absolute atomic E-state index is 5.47. The second kappa shape index (κ2) is 10.2. The molecule has 0 radical (unpaired) electrons. The van der Waals surface area contributed by atoms with Crippen LogP contribution < -0.4 is 0 Å². The van der Waals surface area contributed by atoms with Gasteiger partial charge >= 0.3 is 0 Å². The van der Waals surface area contributed by atoms with Crippen LogP contribution in [0.5, 0.6) is 0 Å². The lowest BCUT2D eigenvalue weighted by atomic mass is 10.1. The van der Waals surface area contributed by atoms with E-state index in [2.05, 4.69) is 17.2 Å². The summed E-state index contributed by atoms with van der Waals surface area (Å²) in [6, 6.07) is 19.9. The number of oxime groups is 2. The molecule has 4 heteroatoms. The molecule has 0 aliphatic heterocycles. The Morgan fingerprint density at radius 3 is 1.79 bits per heavy atom. The number of hydrogen-bond donors (Lipinski definition) is 0. The fourth-order valence-corrected chi connectivity index (χ4v) is 2.12. The third-order valence-corrected chi connectivity index (χ3v) is 3.43. The second-order valence-electron chi connectivity index (χ2n) is 5.48. The van der Waals surface area contributed by atoms with Crippen molar-refractivity contribution in [3.8, 4) is 0 Å². The van der Waals surface area contributed by atoms with Gasteiger partial charge in [-0.15, -0.1) is 0 Å². The molecule has 24 heavy (non-hydrogen) atoms. The first kappa shape index (κ1) is 17.7. The van der Waals surface area contributed by atoms with E-state index in [1.54, 1.807) is 0 Å². The largest absolute Gasteiger partial charge is 0.391 e. The summed E-state index contributed by atoms with van der Waals surface area (Å²) in [6.45, 7) is 4.89. The highest BCUT2D eigenvalue weighted by Crippen LogP contribution is 2.05. The van der Waals surface area contributed by atoms with Crippen molar-refractivity contribution in [1.29, 1.82) is 0 Å². The quantitative estimate of drug-likeness (QED) is 0.484. The van der Waals surface area contributed by atoms with Gasteiger partial charge in [-0.3, -0.25) is 0 Å². The minimum atomic E-state index is 0.447. The van der Waals surface area contributed by atoms with Crippen LogP contribution in [0.25, 0.3) is 0 Å². The van der Waals surface area contributed by atoms with Crippen LogP contribution in [0, 0.1) is 0 Å². The van der Waals surface area contributed by atoms with E-state index in [0.717, 1.165) is 35.4 Å². The van der Waals surface area contributed by atoms with E-state index in [0.29, 0.717) is 13.2 Å². The summed E-state index contributed by atoms with van der Waals surface area (Å²) >= 11 is 0. The van der Waals surface area contributed by atoms with Crippen molar-refractivity contribution < 1.29 is 9.68 Å². The summed E-state index contributed by atoms with van der Waals surface area (Å²) in [5, 5.41) is 8.41. The summed E-state index contributed by atoms with van der Waals surface area (Å²) in [7, 11) is 0. The Balaban J connectivity index is 1.89. The van der Waals surface area contributed by atoms with Gasteiger partial charge in [0.05, 0.1) is 0 Å². The standard InChI is InChI=1S/C20H24N2O2/c1-3-10-20(22-24-16-19-13-8-5-9-14-19)17(2)21-23-15-18-11-6-4-7-12-18/h4-9,11-14H,3,10,15-16H2,1-2H3/b21-17+,22-20+. The fraction of sp³-hybridized carbons (Fsp3) is 0.300. The Hall–Kier alpha value is -2.62. The second-order valence-corrected chi connectivity index (χ2v) is 5.48. The van der Waals surface area contributed by atoms with Gasteiger partial charge in [-0.1, -0.05) is 84.3 Å². The maximum Gasteiger partial charge on any atom is 0.142 e. The van der Waals surface area contributed by atoms with E-state index in [4.69, 9.17) is 9.68 Å². The first-order valence-electron chi connectivity index (χ1n) is 8.23. The molecule has 126 valence electrons. The third-order valence-electron chi connectivity index (χ3n) is 3.43. The van der Waals surface area contributed by atoms with E-state index in [9.17, 15) is 0 Å². The molecule has 2 aromatic carbocycles. The van der Waals surface area contributed by atoms with Crippen LogP contribution in [0.2, 0.25) is 0 Å². The van der Waals surface area contributed by atoms with E-state index >= 15 is 0 Å². The summed E-state index contributed by atoms with van der Waals surface area (Å²) in [6.07, 6.45) is 1.78. The van der Waals surface area contributed by atoms with Crippen LogP contribution in [-0.4, -0.2) is 11.4 Å². The molecule has 0 unspecified atom stereocenters. The average Bonchev–Trinajstić information content (AvgIpc) is 2.63. The van der Waals surface area contributed by atoms with Gasteiger partial charge in [0.1, 0.15) is 24.6 Å². The van der Waals surface area contributed by atoms with Gasteiger partial charge in [-0.2, -0.15) is 0 Å². The van der Waals surface area contributed by atoms with Crippen molar-refractivity contribution in [3.05, 3.63) is 71.8 Å². The first-order chi connectivity index (χ1) is 11.8. The van der Waals surface area contributed by atoms with E-state index in [1.807, 2.05) is 67.6 Å². The molecule has 4 nitrogen and oxygen atoms in total. The van der Waals surface area contributed by atoms with Crippen LogP contribution in [0.1, 0.15) is 37.8 Å².